The SMILES string of the molecule is CCOC(=O)c1noc2cc(-c3ccc([N+](=O)[O-])cc3C(F)(F)F)c([N+](=O)[O-])cc12.O=[N+]([O-])O. The van der Waals surface area contributed by atoms with Crippen LogP contribution in [0.2, 0.25) is 0 Å². The van der Waals surface area contributed by atoms with Gasteiger partial charge in [0.15, 0.2) is 11.3 Å². The summed E-state index contributed by atoms with van der Waals surface area (Å²) in [4.78, 5) is 40.7. The predicted octanol–water partition coefficient (Wildman–Crippen LogP) is 4.16. The Morgan fingerprint density at radius 1 is 1.09 bits per heavy atom. The molecule has 3 aromatic rings. The zero-order valence-corrected chi connectivity index (χ0v) is 16.6. The summed E-state index contributed by atoms with van der Waals surface area (Å²) in [5.41, 5.74) is -4.82. The lowest BCUT2D eigenvalue weighted by Crippen LogP contribution is -2.09. The third kappa shape index (κ3) is 5.50. The number of halogens is 3. The van der Waals surface area contributed by atoms with E-state index in [0.29, 0.717) is 0 Å². The highest BCUT2D eigenvalue weighted by Crippen LogP contribution is 2.43. The number of carbonyl (C=O) groups excluding carboxylic acids is 1. The molecule has 0 aliphatic heterocycles. The number of fused-ring (bicyclic) bond motifs is 1. The number of nitrogens with zero attached hydrogens (tertiary/aromatic N) is 4. The number of aromatic nitrogens is 1. The Hall–Kier alpha value is -4.83. The number of nitro groups is 2. The van der Waals surface area contributed by atoms with Crippen molar-refractivity contribution in [3.05, 3.63) is 71.9 Å². The fourth-order valence-corrected chi connectivity index (χ4v) is 2.80. The van der Waals surface area contributed by atoms with Crippen molar-refractivity contribution in [3.63, 3.8) is 0 Å². The highest BCUT2D eigenvalue weighted by Gasteiger charge is 2.37. The zero-order chi connectivity index (χ0) is 25.8. The fourth-order valence-electron chi connectivity index (χ4n) is 2.80. The molecule has 0 aliphatic rings. The Bertz CT molecular complexity index is 1280. The molecular weight excluding hydrogens is 477 g/mol. The Labute approximate surface area is 184 Å². The Kier molecular flexibility index (Phi) is 7.30. The molecule has 1 aromatic heterocycles. The van der Waals surface area contributed by atoms with Crippen LogP contribution in [0.1, 0.15) is 23.0 Å². The summed E-state index contributed by atoms with van der Waals surface area (Å²) in [5, 5.41) is 39.4. The second-order valence-corrected chi connectivity index (χ2v) is 6.10. The minimum absolute atomic E-state index is 0.00883. The summed E-state index contributed by atoms with van der Waals surface area (Å²) >= 11 is 0. The van der Waals surface area contributed by atoms with E-state index in [4.69, 9.17) is 24.6 Å². The van der Waals surface area contributed by atoms with Crippen molar-refractivity contribution in [1.29, 1.82) is 0 Å². The van der Waals surface area contributed by atoms with Crippen molar-refractivity contribution in [2.45, 2.75) is 13.1 Å². The van der Waals surface area contributed by atoms with Gasteiger partial charge in [0.25, 0.3) is 16.5 Å². The molecular formula is C17H11F3N4O10. The minimum atomic E-state index is -5.04. The van der Waals surface area contributed by atoms with E-state index in [1.165, 1.54) is 6.92 Å². The van der Waals surface area contributed by atoms with E-state index in [9.17, 15) is 38.2 Å². The van der Waals surface area contributed by atoms with Gasteiger partial charge in [-0.3, -0.25) is 20.2 Å². The Morgan fingerprint density at radius 2 is 1.71 bits per heavy atom. The van der Waals surface area contributed by atoms with E-state index in [0.717, 1.165) is 24.3 Å². The van der Waals surface area contributed by atoms with Crippen LogP contribution in [-0.4, -0.2) is 37.9 Å². The number of hydrogen-bond donors (Lipinski definition) is 1. The average molecular weight is 488 g/mol. The maximum atomic E-state index is 13.5. The van der Waals surface area contributed by atoms with Crippen LogP contribution < -0.4 is 0 Å². The maximum Gasteiger partial charge on any atom is 0.417 e. The van der Waals surface area contributed by atoms with Crippen molar-refractivity contribution >= 4 is 28.3 Å². The largest absolute Gasteiger partial charge is 0.461 e. The van der Waals surface area contributed by atoms with Crippen molar-refractivity contribution in [1.82, 2.24) is 5.16 Å². The van der Waals surface area contributed by atoms with Gasteiger partial charge < -0.3 is 14.5 Å². The molecule has 0 spiro atoms. The number of alkyl halides is 3. The number of nitro benzene ring substituents is 2. The van der Waals surface area contributed by atoms with Crippen LogP contribution in [0.15, 0.2) is 34.9 Å². The molecule has 17 heteroatoms. The van der Waals surface area contributed by atoms with Gasteiger partial charge in [-0.1, -0.05) is 5.16 Å². The number of benzene rings is 2. The summed E-state index contributed by atoms with van der Waals surface area (Å²) in [6.07, 6.45) is -5.04. The minimum Gasteiger partial charge on any atom is -0.461 e. The number of hydrogen-bond acceptors (Lipinski definition) is 10. The van der Waals surface area contributed by atoms with Gasteiger partial charge in [0.05, 0.1) is 33.0 Å². The standard InChI is InChI=1S/C17H10F3N3O7.HNO3/c1-2-29-16(24)15-11-6-13(23(27)28)10(7-14(11)30-21-15)9-4-3-8(22(25)26)5-12(9)17(18,19)20;2-1(3)4/h3-7H,2H2,1H3;(H,2,3,4). The van der Waals surface area contributed by atoms with Crippen LogP contribution >= 0.6 is 0 Å². The lowest BCUT2D eigenvalue weighted by Gasteiger charge is -2.13. The third-order valence-electron chi connectivity index (χ3n) is 4.06. The van der Waals surface area contributed by atoms with Crippen molar-refractivity contribution in [2.24, 2.45) is 0 Å². The Morgan fingerprint density at radius 3 is 2.21 bits per heavy atom. The van der Waals surface area contributed by atoms with Crippen LogP contribution in [0.25, 0.3) is 22.1 Å². The molecule has 34 heavy (non-hydrogen) atoms. The Balaban J connectivity index is 0.000000945. The first kappa shape index (κ1) is 25.4. The van der Waals surface area contributed by atoms with Gasteiger partial charge in [-0.05, 0) is 19.1 Å². The third-order valence-corrected chi connectivity index (χ3v) is 4.06. The molecule has 1 N–H and O–H groups in total. The van der Waals surface area contributed by atoms with Gasteiger partial charge >= 0.3 is 12.1 Å². The first-order valence-electron chi connectivity index (χ1n) is 8.72. The van der Waals surface area contributed by atoms with Crippen molar-refractivity contribution in [2.75, 3.05) is 6.61 Å². The first-order chi connectivity index (χ1) is 15.8. The first-order valence-corrected chi connectivity index (χ1v) is 8.72. The van der Waals surface area contributed by atoms with Crippen LogP contribution in [0.3, 0.4) is 0 Å². The topological polar surface area (TPSA) is 202 Å². The van der Waals surface area contributed by atoms with E-state index in [1.807, 2.05) is 0 Å². The second kappa shape index (κ2) is 9.76. The molecule has 0 unspecified atom stereocenters. The summed E-state index contributed by atoms with van der Waals surface area (Å²) in [6, 6.07) is 3.60. The summed E-state index contributed by atoms with van der Waals surface area (Å²) in [5.74, 6) is -0.926. The van der Waals surface area contributed by atoms with Crippen LogP contribution in [-0.2, 0) is 10.9 Å². The molecule has 14 nitrogen and oxygen atoms in total. The molecule has 2 aromatic carbocycles. The normalized spacial score (nSPS) is 10.8. The lowest BCUT2D eigenvalue weighted by atomic mass is 9.96. The van der Waals surface area contributed by atoms with Gasteiger partial charge in [0.2, 0.25) is 0 Å². The summed E-state index contributed by atoms with van der Waals surface area (Å²) in [6.45, 7) is 1.51. The molecule has 180 valence electrons. The number of ether oxygens (including phenoxy) is 1. The molecule has 0 aliphatic carbocycles. The van der Waals surface area contributed by atoms with Gasteiger partial charge in [-0.15, -0.1) is 10.1 Å². The summed E-state index contributed by atoms with van der Waals surface area (Å²) < 4.78 is 50.3. The fraction of sp³-hybridized carbons (Fsp3) is 0.176. The molecule has 1 heterocycles. The number of rotatable bonds is 5. The molecule has 0 amide bonds. The van der Waals surface area contributed by atoms with E-state index in [1.54, 1.807) is 0 Å². The quantitative estimate of drug-likeness (QED) is 0.307. The number of esters is 1. The van der Waals surface area contributed by atoms with Gasteiger partial charge in [-0.25, -0.2) is 4.79 Å². The second-order valence-electron chi connectivity index (χ2n) is 6.10. The van der Waals surface area contributed by atoms with Crippen molar-refractivity contribution in [3.8, 4) is 11.1 Å². The molecule has 0 atom stereocenters. The zero-order valence-electron chi connectivity index (χ0n) is 16.6. The smallest absolute Gasteiger partial charge is 0.417 e. The number of non-ortho nitro benzene ring substituents is 1. The number of carbonyl (C=O) groups is 1. The van der Waals surface area contributed by atoms with E-state index in [2.05, 4.69) is 5.16 Å². The average Bonchev–Trinajstić information content (AvgIpc) is 3.14. The van der Waals surface area contributed by atoms with Crippen LogP contribution in [0.4, 0.5) is 24.5 Å². The predicted molar refractivity (Wildman–Crippen MR) is 102 cm³/mol. The van der Waals surface area contributed by atoms with Crippen LogP contribution in [0.5, 0.6) is 0 Å². The molecule has 0 saturated heterocycles. The molecule has 0 radical (unpaired) electrons. The van der Waals surface area contributed by atoms with E-state index in [-0.39, 0.29) is 29.3 Å². The van der Waals surface area contributed by atoms with Gasteiger partial charge in [0, 0.05) is 23.8 Å². The molecule has 3 rings (SSSR count). The monoisotopic (exact) mass is 488 g/mol. The molecule has 0 fully saturated rings. The highest BCUT2D eigenvalue weighted by molar-refractivity contribution is 6.03. The lowest BCUT2D eigenvalue weighted by molar-refractivity contribution is -0.742. The highest BCUT2D eigenvalue weighted by atomic mass is 19.4. The maximum absolute atomic E-state index is 13.5. The van der Waals surface area contributed by atoms with E-state index >= 15 is 0 Å². The van der Waals surface area contributed by atoms with Gasteiger partial charge in [0.1, 0.15) is 0 Å². The summed E-state index contributed by atoms with van der Waals surface area (Å²) in [7, 11) is 0. The molecule has 0 bridgehead atoms. The van der Waals surface area contributed by atoms with Crippen molar-refractivity contribution < 1.29 is 47.4 Å². The molecule has 0 saturated carbocycles. The van der Waals surface area contributed by atoms with Crippen LogP contribution in [0, 0.1) is 30.3 Å². The van der Waals surface area contributed by atoms with E-state index < -0.39 is 55.1 Å². The van der Waals surface area contributed by atoms with Gasteiger partial charge in [-0.2, -0.15) is 13.2 Å².